The van der Waals surface area contributed by atoms with E-state index in [2.05, 4.69) is 5.32 Å². The minimum Gasteiger partial charge on any atom is -0.478 e. The van der Waals surface area contributed by atoms with Crippen molar-refractivity contribution in [3.05, 3.63) is 11.1 Å². The molecule has 1 aliphatic heterocycles. The van der Waals surface area contributed by atoms with E-state index in [4.69, 9.17) is 9.84 Å². The number of carboxylic acids is 1. The van der Waals surface area contributed by atoms with Crippen molar-refractivity contribution in [2.24, 2.45) is 0 Å². The Kier molecular flexibility index (Phi) is 5.05. The molecule has 1 unspecified atom stereocenters. The zero-order chi connectivity index (χ0) is 14.6. The van der Waals surface area contributed by atoms with Crippen LogP contribution in [0.25, 0.3) is 0 Å². The average Bonchev–Trinajstić information content (AvgIpc) is 2.43. The maximum absolute atomic E-state index is 12.2. The van der Waals surface area contributed by atoms with E-state index in [0.717, 1.165) is 0 Å². The van der Waals surface area contributed by atoms with Crippen molar-refractivity contribution in [3.63, 3.8) is 0 Å². The second-order valence-corrected chi connectivity index (χ2v) is 4.26. The first-order valence-electron chi connectivity index (χ1n) is 5.91. The van der Waals surface area contributed by atoms with E-state index in [0.29, 0.717) is 6.61 Å². The quantitative estimate of drug-likeness (QED) is 0.666. The molecular formula is C12H18N2O5. The van der Waals surface area contributed by atoms with Crippen molar-refractivity contribution >= 4 is 17.8 Å². The molecule has 1 rings (SSSR count). The van der Waals surface area contributed by atoms with Gasteiger partial charge >= 0.3 is 5.97 Å². The molecule has 0 aromatic rings. The molecule has 7 nitrogen and oxygen atoms in total. The topological polar surface area (TPSA) is 95.9 Å². The van der Waals surface area contributed by atoms with Crippen LogP contribution in [-0.2, 0) is 19.1 Å². The van der Waals surface area contributed by atoms with Crippen LogP contribution >= 0.6 is 0 Å². The van der Waals surface area contributed by atoms with Gasteiger partial charge in [-0.15, -0.1) is 0 Å². The van der Waals surface area contributed by atoms with Gasteiger partial charge in [-0.1, -0.05) is 0 Å². The Hall–Kier alpha value is -1.89. The summed E-state index contributed by atoms with van der Waals surface area (Å²) in [6.45, 7) is 3.53. The summed E-state index contributed by atoms with van der Waals surface area (Å²) in [6, 6.07) is -0.720. The number of hydrogen-bond donors (Lipinski definition) is 2. The van der Waals surface area contributed by atoms with Crippen molar-refractivity contribution < 1.29 is 24.2 Å². The number of ether oxygens (including phenoxy) is 1. The van der Waals surface area contributed by atoms with Crippen molar-refractivity contribution in [1.29, 1.82) is 0 Å². The number of likely N-dealkylation sites (N-methyl/N-ethyl adjacent to an activating group) is 1. The van der Waals surface area contributed by atoms with Gasteiger partial charge in [-0.05, 0) is 13.8 Å². The summed E-state index contributed by atoms with van der Waals surface area (Å²) in [4.78, 5) is 36.2. The fraction of sp³-hybridized carbons (Fsp3) is 0.583. The second-order valence-electron chi connectivity index (χ2n) is 4.26. The van der Waals surface area contributed by atoms with Crippen LogP contribution in [0.15, 0.2) is 11.1 Å². The summed E-state index contributed by atoms with van der Waals surface area (Å²) in [6.07, 6.45) is 0. The molecule has 2 amide bonds. The highest BCUT2D eigenvalue weighted by Gasteiger charge is 2.33. The van der Waals surface area contributed by atoms with Gasteiger partial charge in [0, 0.05) is 24.7 Å². The Balaban J connectivity index is 2.98. The van der Waals surface area contributed by atoms with E-state index < -0.39 is 17.9 Å². The third kappa shape index (κ3) is 3.31. The van der Waals surface area contributed by atoms with Crippen molar-refractivity contribution in [2.75, 3.05) is 26.8 Å². The lowest BCUT2D eigenvalue weighted by Crippen LogP contribution is -2.55. The lowest BCUT2D eigenvalue weighted by atomic mass is 10.1. The number of hydrogen-bond acceptors (Lipinski definition) is 4. The lowest BCUT2D eigenvalue weighted by molar-refractivity contribution is -0.145. The van der Waals surface area contributed by atoms with Gasteiger partial charge in [0.1, 0.15) is 6.04 Å². The van der Waals surface area contributed by atoms with Crippen LogP contribution in [0, 0.1) is 0 Å². The molecule has 0 bridgehead atoms. The molecule has 0 radical (unpaired) electrons. The number of nitrogens with one attached hydrogen (secondary N) is 1. The Labute approximate surface area is 111 Å². The number of carboxylic acid groups (broad SMARTS) is 1. The number of carbonyl (C=O) groups is 3. The smallest absolute Gasteiger partial charge is 0.331 e. The SMILES string of the molecule is CNC(=O)C1COCCN1C(=O)C(C)=C(C)C(=O)O. The number of morpholine rings is 1. The van der Waals surface area contributed by atoms with E-state index >= 15 is 0 Å². The number of aliphatic carboxylic acids is 1. The Morgan fingerprint density at radius 3 is 2.42 bits per heavy atom. The summed E-state index contributed by atoms with van der Waals surface area (Å²) in [5.41, 5.74) is 0.107. The van der Waals surface area contributed by atoms with Crippen molar-refractivity contribution in [1.82, 2.24) is 10.2 Å². The zero-order valence-electron chi connectivity index (χ0n) is 11.2. The van der Waals surface area contributed by atoms with Crippen LogP contribution in [0.1, 0.15) is 13.8 Å². The fourth-order valence-electron chi connectivity index (χ4n) is 1.77. The first-order valence-corrected chi connectivity index (χ1v) is 5.91. The third-order valence-corrected chi connectivity index (χ3v) is 3.14. The van der Waals surface area contributed by atoms with Crippen molar-refractivity contribution in [3.8, 4) is 0 Å². The molecule has 1 atom stereocenters. The molecule has 106 valence electrons. The number of amides is 2. The highest BCUT2D eigenvalue weighted by molar-refractivity contribution is 6.03. The summed E-state index contributed by atoms with van der Waals surface area (Å²) in [5, 5.41) is 11.4. The van der Waals surface area contributed by atoms with Gasteiger partial charge < -0.3 is 20.1 Å². The van der Waals surface area contributed by atoms with Gasteiger partial charge in [0.25, 0.3) is 5.91 Å². The van der Waals surface area contributed by atoms with Gasteiger partial charge in [-0.3, -0.25) is 9.59 Å². The average molecular weight is 270 g/mol. The molecule has 1 aliphatic rings. The van der Waals surface area contributed by atoms with E-state index in [1.54, 1.807) is 0 Å². The molecule has 1 saturated heterocycles. The van der Waals surface area contributed by atoms with Gasteiger partial charge in [0.15, 0.2) is 0 Å². The van der Waals surface area contributed by atoms with Crippen LogP contribution in [0.5, 0.6) is 0 Å². The molecule has 0 saturated carbocycles. The van der Waals surface area contributed by atoms with Crippen LogP contribution in [0.3, 0.4) is 0 Å². The van der Waals surface area contributed by atoms with Crippen LogP contribution < -0.4 is 5.32 Å². The number of carbonyl (C=O) groups excluding carboxylic acids is 2. The predicted octanol–water partition coefficient (Wildman–Crippen LogP) is -0.619. The largest absolute Gasteiger partial charge is 0.478 e. The third-order valence-electron chi connectivity index (χ3n) is 3.14. The molecule has 1 fully saturated rings. The Bertz CT molecular complexity index is 430. The lowest BCUT2D eigenvalue weighted by Gasteiger charge is -2.34. The molecule has 7 heteroatoms. The van der Waals surface area contributed by atoms with Crippen LogP contribution in [0.4, 0.5) is 0 Å². The first kappa shape index (κ1) is 15.2. The van der Waals surface area contributed by atoms with Gasteiger partial charge in [-0.2, -0.15) is 0 Å². The van der Waals surface area contributed by atoms with E-state index in [1.807, 2.05) is 0 Å². The van der Waals surface area contributed by atoms with E-state index in [1.165, 1.54) is 25.8 Å². The first-order chi connectivity index (χ1) is 8.90. The highest BCUT2D eigenvalue weighted by atomic mass is 16.5. The maximum Gasteiger partial charge on any atom is 0.331 e. The van der Waals surface area contributed by atoms with Gasteiger partial charge in [0.2, 0.25) is 5.91 Å². The normalized spacial score (nSPS) is 20.6. The minimum atomic E-state index is -1.14. The monoisotopic (exact) mass is 270 g/mol. The second kappa shape index (κ2) is 6.33. The minimum absolute atomic E-state index is 0.0212. The molecule has 2 N–H and O–H groups in total. The maximum atomic E-state index is 12.2. The zero-order valence-corrected chi connectivity index (χ0v) is 11.2. The molecule has 1 heterocycles. The predicted molar refractivity (Wildman–Crippen MR) is 66.4 cm³/mol. The fourth-order valence-corrected chi connectivity index (χ4v) is 1.77. The van der Waals surface area contributed by atoms with E-state index in [-0.39, 0.29) is 30.2 Å². The molecule has 0 aromatic carbocycles. The van der Waals surface area contributed by atoms with Crippen molar-refractivity contribution in [2.45, 2.75) is 19.9 Å². The standard InChI is InChI=1S/C12H18N2O5/c1-7(8(2)12(17)18)11(16)14-4-5-19-6-9(14)10(15)13-3/h9H,4-6H2,1-3H3,(H,13,15)(H,17,18). The number of nitrogens with zero attached hydrogens (tertiary/aromatic N) is 1. The van der Waals surface area contributed by atoms with Crippen LogP contribution in [0.2, 0.25) is 0 Å². The molecule has 0 aliphatic carbocycles. The summed E-state index contributed by atoms with van der Waals surface area (Å²) >= 11 is 0. The van der Waals surface area contributed by atoms with Crippen LogP contribution in [-0.4, -0.2) is 60.6 Å². The number of rotatable bonds is 3. The molecule has 0 aromatic heterocycles. The summed E-state index contributed by atoms with van der Waals surface area (Å²) in [7, 11) is 1.48. The Morgan fingerprint density at radius 1 is 1.26 bits per heavy atom. The Morgan fingerprint density at radius 2 is 1.89 bits per heavy atom. The van der Waals surface area contributed by atoms with E-state index in [9.17, 15) is 14.4 Å². The summed E-state index contributed by atoms with van der Waals surface area (Å²) in [5.74, 6) is -1.92. The molecule has 0 spiro atoms. The van der Waals surface area contributed by atoms with Gasteiger partial charge in [0.05, 0.1) is 13.2 Å². The highest BCUT2D eigenvalue weighted by Crippen LogP contribution is 2.14. The summed E-state index contributed by atoms with van der Waals surface area (Å²) < 4.78 is 5.19. The molecular weight excluding hydrogens is 252 g/mol. The van der Waals surface area contributed by atoms with Gasteiger partial charge in [-0.25, -0.2) is 4.79 Å². The molecule has 19 heavy (non-hydrogen) atoms.